The minimum atomic E-state index is 0.118. The zero-order valence-corrected chi connectivity index (χ0v) is 13.3. The van der Waals surface area contributed by atoms with Crippen molar-refractivity contribution in [2.45, 2.75) is 50.6 Å². The molecule has 120 valence electrons. The van der Waals surface area contributed by atoms with Crippen molar-refractivity contribution in [1.82, 2.24) is 20.5 Å². The molecule has 2 N–H and O–H groups in total. The number of hydrogen-bond donors (Lipinski definition) is 2. The van der Waals surface area contributed by atoms with Gasteiger partial charge in [-0.3, -0.25) is 4.98 Å². The molecular formula is C17H26N4O. The zero-order valence-electron chi connectivity index (χ0n) is 13.3. The molecule has 2 aliphatic rings. The van der Waals surface area contributed by atoms with Crippen molar-refractivity contribution < 1.29 is 4.79 Å². The molecule has 1 aromatic heterocycles. The van der Waals surface area contributed by atoms with Crippen LogP contribution in [0.1, 0.15) is 44.1 Å². The summed E-state index contributed by atoms with van der Waals surface area (Å²) in [4.78, 5) is 18.5. The Kier molecular flexibility index (Phi) is 4.93. The van der Waals surface area contributed by atoms with Crippen LogP contribution in [0.4, 0.5) is 4.79 Å². The average Bonchev–Trinajstić information content (AvgIpc) is 2.56. The molecule has 1 aromatic rings. The van der Waals surface area contributed by atoms with E-state index in [1.54, 1.807) is 0 Å². The predicted octanol–water partition coefficient (Wildman–Crippen LogP) is 2.11. The van der Waals surface area contributed by atoms with Crippen molar-refractivity contribution in [2.24, 2.45) is 0 Å². The number of pyridine rings is 1. The smallest absolute Gasteiger partial charge is 0.317 e. The lowest BCUT2D eigenvalue weighted by molar-refractivity contribution is 0.173. The summed E-state index contributed by atoms with van der Waals surface area (Å²) in [6.45, 7) is 4.87. The largest absolute Gasteiger partial charge is 0.335 e. The summed E-state index contributed by atoms with van der Waals surface area (Å²) in [5.74, 6) is 0.561. The Morgan fingerprint density at radius 2 is 2.00 bits per heavy atom. The molecule has 0 aromatic carbocycles. The van der Waals surface area contributed by atoms with E-state index in [0.717, 1.165) is 45.3 Å². The van der Waals surface area contributed by atoms with Gasteiger partial charge in [-0.25, -0.2) is 4.79 Å². The third-order valence-corrected chi connectivity index (χ3v) is 4.91. The Bertz CT molecular complexity index is 485. The Morgan fingerprint density at radius 1 is 1.27 bits per heavy atom. The normalized spacial score (nSPS) is 26.7. The number of carbonyl (C=O) groups excluding carboxylic acids is 1. The Labute approximate surface area is 132 Å². The number of likely N-dealkylation sites (tertiary alicyclic amines) is 1. The number of amides is 2. The number of rotatable bonds is 2. The number of piperidine rings is 2. The van der Waals surface area contributed by atoms with Crippen molar-refractivity contribution in [3.63, 3.8) is 0 Å². The van der Waals surface area contributed by atoms with Crippen LogP contribution in [0.15, 0.2) is 24.5 Å². The lowest BCUT2D eigenvalue weighted by atomic mass is 9.90. The summed E-state index contributed by atoms with van der Waals surface area (Å²) < 4.78 is 0. The summed E-state index contributed by atoms with van der Waals surface area (Å²) in [5, 5.41) is 6.63. The van der Waals surface area contributed by atoms with E-state index >= 15 is 0 Å². The fraction of sp³-hybridized carbons (Fsp3) is 0.647. The first kappa shape index (κ1) is 15.3. The highest BCUT2D eigenvalue weighted by Crippen LogP contribution is 2.27. The number of aromatic nitrogens is 1. The van der Waals surface area contributed by atoms with Crippen LogP contribution < -0.4 is 10.6 Å². The summed E-state index contributed by atoms with van der Waals surface area (Å²) in [5.41, 5.74) is 1.35. The molecule has 2 aliphatic heterocycles. The molecule has 5 nitrogen and oxygen atoms in total. The molecular weight excluding hydrogens is 276 g/mol. The van der Waals surface area contributed by atoms with E-state index in [1.165, 1.54) is 5.56 Å². The summed E-state index contributed by atoms with van der Waals surface area (Å²) in [7, 11) is 0. The minimum Gasteiger partial charge on any atom is -0.335 e. The van der Waals surface area contributed by atoms with E-state index < -0.39 is 0 Å². The maximum Gasteiger partial charge on any atom is 0.317 e. The summed E-state index contributed by atoms with van der Waals surface area (Å²) >= 11 is 0. The quantitative estimate of drug-likeness (QED) is 0.880. The standard InChI is InChI=1S/C17H26N4O/c1-13-12-16(4-9-19-13)20-17(22)21-10-5-15(6-11-21)14-2-7-18-8-3-14/h2-3,7-8,13,15-16,19H,4-6,9-12H2,1H3,(H,20,22). The van der Waals surface area contributed by atoms with Gasteiger partial charge >= 0.3 is 6.03 Å². The minimum absolute atomic E-state index is 0.118. The van der Waals surface area contributed by atoms with Crippen LogP contribution in [0.2, 0.25) is 0 Å². The van der Waals surface area contributed by atoms with Gasteiger partial charge in [-0.05, 0) is 62.8 Å². The van der Waals surface area contributed by atoms with Gasteiger partial charge in [0.25, 0.3) is 0 Å². The Balaban J connectivity index is 1.47. The van der Waals surface area contributed by atoms with Gasteiger partial charge in [-0.15, -0.1) is 0 Å². The maximum absolute atomic E-state index is 12.4. The van der Waals surface area contributed by atoms with Gasteiger partial charge in [0.05, 0.1) is 0 Å². The molecule has 2 saturated heterocycles. The van der Waals surface area contributed by atoms with Crippen molar-refractivity contribution in [3.8, 4) is 0 Å². The van der Waals surface area contributed by atoms with Crippen LogP contribution in [0.25, 0.3) is 0 Å². The molecule has 2 fully saturated rings. The first-order chi connectivity index (χ1) is 10.7. The second-order valence-corrected chi connectivity index (χ2v) is 6.57. The van der Waals surface area contributed by atoms with Crippen molar-refractivity contribution in [2.75, 3.05) is 19.6 Å². The third kappa shape index (κ3) is 3.77. The van der Waals surface area contributed by atoms with Gasteiger partial charge in [-0.2, -0.15) is 0 Å². The highest BCUT2D eigenvalue weighted by Gasteiger charge is 2.26. The molecule has 3 heterocycles. The van der Waals surface area contributed by atoms with Gasteiger partial charge in [0.1, 0.15) is 0 Å². The molecule has 0 spiro atoms. The molecule has 22 heavy (non-hydrogen) atoms. The van der Waals surface area contributed by atoms with E-state index in [0.29, 0.717) is 18.0 Å². The first-order valence-corrected chi connectivity index (χ1v) is 8.41. The van der Waals surface area contributed by atoms with Crippen LogP contribution in [0.5, 0.6) is 0 Å². The molecule has 0 radical (unpaired) electrons. The molecule has 0 saturated carbocycles. The molecule has 2 unspecified atom stereocenters. The number of hydrogen-bond acceptors (Lipinski definition) is 3. The maximum atomic E-state index is 12.4. The van der Waals surface area contributed by atoms with E-state index in [4.69, 9.17) is 0 Å². The van der Waals surface area contributed by atoms with Gasteiger partial charge in [0.15, 0.2) is 0 Å². The molecule has 5 heteroatoms. The highest BCUT2D eigenvalue weighted by molar-refractivity contribution is 5.74. The summed E-state index contributed by atoms with van der Waals surface area (Å²) in [6, 6.07) is 5.12. The fourth-order valence-corrected chi connectivity index (χ4v) is 3.58. The Hall–Kier alpha value is -1.62. The predicted molar refractivity (Wildman–Crippen MR) is 86.8 cm³/mol. The van der Waals surface area contributed by atoms with Crippen molar-refractivity contribution >= 4 is 6.03 Å². The van der Waals surface area contributed by atoms with E-state index in [9.17, 15) is 4.79 Å². The Morgan fingerprint density at radius 3 is 2.68 bits per heavy atom. The van der Waals surface area contributed by atoms with Gasteiger partial charge < -0.3 is 15.5 Å². The van der Waals surface area contributed by atoms with Crippen LogP contribution in [-0.4, -0.2) is 47.6 Å². The van der Waals surface area contributed by atoms with E-state index in [-0.39, 0.29) is 6.03 Å². The molecule has 2 atom stereocenters. The van der Waals surface area contributed by atoms with E-state index in [2.05, 4.69) is 34.7 Å². The van der Waals surface area contributed by atoms with Gasteiger partial charge in [0.2, 0.25) is 0 Å². The SMILES string of the molecule is CC1CC(NC(=O)N2CCC(c3ccncc3)CC2)CCN1. The average molecular weight is 302 g/mol. The zero-order chi connectivity index (χ0) is 15.4. The monoisotopic (exact) mass is 302 g/mol. The second-order valence-electron chi connectivity index (χ2n) is 6.57. The first-order valence-electron chi connectivity index (χ1n) is 8.41. The van der Waals surface area contributed by atoms with Gasteiger partial charge in [0, 0.05) is 37.6 Å². The molecule has 0 aliphatic carbocycles. The lowest BCUT2D eigenvalue weighted by Crippen LogP contribution is -2.51. The number of nitrogens with zero attached hydrogens (tertiary/aromatic N) is 2. The number of carbonyl (C=O) groups is 1. The third-order valence-electron chi connectivity index (χ3n) is 4.91. The topological polar surface area (TPSA) is 57.3 Å². The van der Waals surface area contributed by atoms with Crippen LogP contribution in [0.3, 0.4) is 0 Å². The number of nitrogens with one attached hydrogen (secondary N) is 2. The molecule has 2 amide bonds. The van der Waals surface area contributed by atoms with Crippen LogP contribution in [-0.2, 0) is 0 Å². The van der Waals surface area contributed by atoms with Crippen LogP contribution >= 0.6 is 0 Å². The molecule has 3 rings (SSSR count). The van der Waals surface area contributed by atoms with Crippen molar-refractivity contribution in [1.29, 1.82) is 0 Å². The number of urea groups is 1. The van der Waals surface area contributed by atoms with Gasteiger partial charge in [-0.1, -0.05) is 0 Å². The van der Waals surface area contributed by atoms with Crippen LogP contribution in [0, 0.1) is 0 Å². The van der Waals surface area contributed by atoms with E-state index in [1.807, 2.05) is 17.3 Å². The molecule has 0 bridgehead atoms. The lowest BCUT2D eigenvalue weighted by Gasteiger charge is -2.35. The second kappa shape index (κ2) is 7.09. The van der Waals surface area contributed by atoms with Crippen molar-refractivity contribution in [3.05, 3.63) is 30.1 Å². The highest BCUT2D eigenvalue weighted by atomic mass is 16.2. The summed E-state index contributed by atoms with van der Waals surface area (Å²) in [6.07, 6.45) is 7.85. The fourth-order valence-electron chi connectivity index (χ4n) is 3.58.